The minimum absolute atomic E-state index is 0.185. The van der Waals surface area contributed by atoms with Crippen molar-refractivity contribution in [2.45, 2.75) is 32.3 Å². The zero-order valence-corrected chi connectivity index (χ0v) is 7.47. The van der Waals surface area contributed by atoms with Gasteiger partial charge in [-0.15, -0.1) is 0 Å². The molecule has 0 bridgehead atoms. The highest BCUT2D eigenvalue weighted by molar-refractivity contribution is 4.73. The van der Waals surface area contributed by atoms with Crippen LogP contribution in [0.3, 0.4) is 0 Å². The Kier molecular flexibility index (Phi) is 5.46. The zero-order valence-electron chi connectivity index (χ0n) is 7.47. The Bertz CT molecular complexity index is 92.1. The van der Waals surface area contributed by atoms with Crippen LogP contribution in [0.25, 0.3) is 0 Å². The van der Waals surface area contributed by atoms with E-state index < -0.39 is 0 Å². The number of rotatable bonds is 6. The van der Waals surface area contributed by atoms with Crippen LogP contribution in [0.1, 0.15) is 26.7 Å². The average Bonchev–Trinajstić information content (AvgIpc) is 2.05. The van der Waals surface area contributed by atoms with E-state index in [1.54, 1.807) is 0 Å². The van der Waals surface area contributed by atoms with Gasteiger partial charge in [-0.3, -0.25) is 0 Å². The second-order valence-electron chi connectivity index (χ2n) is 2.93. The third kappa shape index (κ3) is 4.35. The smallest absolute Gasteiger partial charge is 0.0773 e. The highest BCUT2D eigenvalue weighted by Crippen LogP contribution is 2.12. The van der Waals surface area contributed by atoms with Crippen molar-refractivity contribution in [1.29, 1.82) is 0 Å². The monoisotopic (exact) mass is 161 g/mol. The number of aliphatic hydroxyl groups is 1. The molecular formula is C8H19NO2. The van der Waals surface area contributed by atoms with Crippen LogP contribution in [-0.4, -0.2) is 30.5 Å². The van der Waals surface area contributed by atoms with Crippen molar-refractivity contribution in [1.82, 2.24) is 0 Å². The van der Waals surface area contributed by atoms with Crippen LogP contribution >= 0.6 is 0 Å². The van der Waals surface area contributed by atoms with Gasteiger partial charge in [-0.1, -0.05) is 6.92 Å². The summed E-state index contributed by atoms with van der Waals surface area (Å²) in [6.07, 6.45) is 1.60. The van der Waals surface area contributed by atoms with Gasteiger partial charge in [0.2, 0.25) is 0 Å². The van der Waals surface area contributed by atoms with Crippen LogP contribution in [0, 0.1) is 0 Å². The Labute approximate surface area is 68.5 Å². The van der Waals surface area contributed by atoms with Gasteiger partial charge in [-0.2, -0.15) is 0 Å². The molecule has 11 heavy (non-hydrogen) atoms. The van der Waals surface area contributed by atoms with Crippen molar-refractivity contribution < 1.29 is 9.84 Å². The van der Waals surface area contributed by atoms with Gasteiger partial charge in [0.1, 0.15) is 0 Å². The predicted molar refractivity (Wildman–Crippen MR) is 45.4 cm³/mol. The third-order valence-corrected chi connectivity index (χ3v) is 1.93. The summed E-state index contributed by atoms with van der Waals surface area (Å²) >= 11 is 0. The number of hydrogen-bond acceptors (Lipinski definition) is 3. The molecule has 1 atom stereocenters. The van der Waals surface area contributed by atoms with Crippen molar-refractivity contribution in [3.63, 3.8) is 0 Å². The summed E-state index contributed by atoms with van der Waals surface area (Å²) in [4.78, 5) is 0. The van der Waals surface area contributed by atoms with E-state index in [4.69, 9.17) is 15.6 Å². The van der Waals surface area contributed by atoms with Gasteiger partial charge in [0.15, 0.2) is 0 Å². The highest BCUT2D eigenvalue weighted by Gasteiger charge is 2.19. The van der Waals surface area contributed by atoms with Gasteiger partial charge in [-0.25, -0.2) is 0 Å². The maximum atomic E-state index is 8.50. The first-order chi connectivity index (χ1) is 5.18. The first-order valence-electron chi connectivity index (χ1n) is 4.13. The van der Waals surface area contributed by atoms with Gasteiger partial charge >= 0.3 is 0 Å². The molecule has 0 amide bonds. The van der Waals surface area contributed by atoms with E-state index in [9.17, 15) is 0 Å². The van der Waals surface area contributed by atoms with E-state index in [0.717, 1.165) is 6.42 Å². The molecule has 0 radical (unpaired) electrons. The molecule has 0 aliphatic carbocycles. The largest absolute Gasteiger partial charge is 0.396 e. The van der Waals surface area contributed by atoms with Gasteiger partial charge in [0, 0.05) is 19.8 Å². The van der Waals surface area contributed by atoms with E-state index in [0.29, 0.717) is 19.6 Å². The molecule has 0 heterocycles. The minimum atomic E-state index is -0.199. The van der Waals surface area contributed by atoms with Gasteiger partial charge < -0.3 is 15.6 Å². The molecule has 0 aromatic heterocycles. The lowest BCUT2D eigenvalue weighted by Gasteiger charge is -2.26. The van der Waals surface area contributed by atoms with Crippen molar-refractivity contribution in [3.8, 4) is 0 Å². The Balaban J connectivity index is 3.51. The van der Waals surface area contributed by atoms with Crippen molar-refractivity contribution in [2.24, 2.45) is 5.73 Å². The van der Waals surface area contributed by atoms with Gasteiger partial charge in [0.25, 0.3) is 0 Å². The summed E-state index contributed by atoms with van der Waals surface area (Å²) in [5.74, 6) is 0. The number of aliphatic hydroxyl groups excluding tert-OH is 1. The van der Waals surface area contributed by atoms with Gasteiger partial charge in [-0.05, 0) is 19.8 Å². The molecule has 0 fully saturated rings. The number of hydrogen-bond donors (Lipinski definition) is 2. The molecule has 0 rings (SSSR count). The molecule has 0 aliphatic rings. The normalized spacial score (nSPS) is 16.4. The molecule has 0 aromatic carbocycles. The van der Waals surface area contributed by atoms with Crippen LogP contribution < -0.4 is 5.73 Å². The Hall–Kier alpha value is -0.120. The molecule has 0 saturated carbocycles. The maximum Gasteiger partial charge on any atom is 0.0773 e. The fourth-order valence-corrected chi connectivity index (χ4v) is 0.688. The van der Waals surface area contributed by atoms with E-state index >= 15 is 0 Å². The third-order valence-electron chi connectivity index (χ3n) is 1.93. The summed E-state index contributed by atoms with van der Waals surface area (Å²) in [7, 11) is 0. The van der Waals surface area contributed by atoms with E-state index in [1.165, 1.54) is 0 Å². The molecule has 3 nitrogen and oxygen atoms in total. The quantitative estimate of drug-likeness (QED) is 0.558. The zero-order chi connectivity index (χ0) is 8.74. The first-order valence-corrected chi connectivity index (χ1v) is 4.13. The molecule has 1 unspecified atom stereocenters. The molecule has 0 aromatic rings. The second kappa shape index (κ2) is 5.52. The first kappa shape index (κ1) is 10.9. The van der Waals surface area contributed by atoms with Crippen LogP contribution in [0.2, 0.25) is 0 Å². The van der Waals surface area contributed by atoms with E-state index in [1.807, 2.05) is 13.8 Å². The molecule has 0 aliphatic heterocycles. The topological polar surface area (TPSA) is 55.5 Å². The lowest BCUT2D eigenvalue weighted by atomic mass is 10.0. The predicted octanol–water partition coefficient (Wildman–Crippen LogP) is 0.513. The van der Waals surface area contributed by atoms with Crippen molar-refractivity contribution >= 4 is 0 Å². The Morgan fingerprint density at radius 3 is 2.55 bits per heavy atom. The molecule has 3 N–H and O–H groups in total. The minimum Gasteiger partial charge on any atom is -0.396 e. The molecule has 68 valence electrons. The van der Waals surface area contributed by atoms with Crippen LogP contribution in [-0.2, 0) is 4.74 Å². The summed E-state index contributed by atoms with van der Waals surface area (Å²) in [6.45, 7) is 5.35. The fourth-order valence-electron chi connectivity index (χ4n) is 0.688. The van der Waals surface area contributed by atoms with Crippen molar-refractivity contribution in [3.05, 3.63) is 0 Å². The molecule has 0 saturated heterocycles. The van der Waals surface area contributed by atoms with E-state index in [2.05, 4.69) is 0 Å². The lowest BCUT2D eigenvalue weighted by Crippen LogP contribution is -2.37. The standard InChI is InChI=1S/C8H19NO2/c1-3-8(2,7-9)11-6-4-5-10/h10H,3-7,9H2,1-2H3. The van der Waals surface area contributed by atoms with Crippen molar-refractivity contribution in [2.75, 3.05) is 19.8 Å². The summed E-state index contributed by atoms with van der Waals surface area (Å²) in [6, 6.07) is 0. The fraction of sp³-hybridized carbons (Fsp3) is 1.00. The Morgan fingerprint density at radius 2 is 2.18 bits per heavy atom. The molecule has 0 spiro atoms. The maximum absolute atomic E-state index is 8.50. The van der Waals surface area contributed by atoms with Crippen LogP contribution in [0.15, 0.2) is 0 Å². The summed E-state index contributed by atoms with van der Waals surface area (Å²) in [5.41, 5.74) is 5.31. The SMILES string of the molecule is CCC(C)(CN)OCCCO. The van der Waals surface area contributed by atoms with Gasteiger partial charge in [0.05, 0.1) is 5.60 Å². The molecular weight excluding hydrogens is 142 g/mol. The molecule has 3 heteroatoms. The highest BCUT2D eigenvalue weighted by atomic mass is 16.5. The summed E-state index contributed by atoms with van der Waals surface area (Å²) < 4.78 is 5.48. The van der Waals surface area contributed by atoms with Crippen LogP contribution in [0.4, 0.5) is 0 Å². The van der Waals surface area contributed by atoms with Crippen LogP contribution in [0.5, 0.6) is 0 Å². The lowest BCUT2D eigenvalue weighted by molar-refractivity contribution is -0.0321. The second-order valence-corrected chi connectivity index (χ2v) is 2.93. The average molecular weight is 161 g/mol. The number of ether oxygens (including phenoxy) is 1. The number of nitrogens with two attached hydrogens (primary N) is 1. The van der Waals surface area contributed by atoms with E-state index in [-0.39, 0.29) is 12.2 Å². The Morgan fingerprint density at radius 1 is 1.55 bits per heavy atom. The summed E-state index contributed by atoms with van der Waals surface area (Å²) in [5, 5.41) is 8.50.